The second-order valence-corrected chi connectivity index (χ2v) is 8.21. The molecule has 0 amide bonds. The normalized spacial score (nSPS) is 15.0. The van der Waals surface area contributed by atoms with Gasteiger partial charge >= 0.3 is 5.97 Å². The van der Waals surface area contributed by atoms with Crippen molar-refractivity contribution < 1.29 is 23.8 Å². The van der Waals surface area contributed by atoms with Crippen LogP contribution < -0.4 is 15.5 Å². The zero-order chi connectivity index (χ0) is 23.7. The van der Waals surface area contributed by atoms with Gasteiger partial charge in [-0.05, 0) is 18.2 Å². The summed E-state index contributed by atoms with van der Waals surface area (Å²) in [7, 11) is 0. The Morgan fingerprint density at radius 3 is 2.67 bits per heavy atom. The number of rotatable bonds is 6. The number of aliphatic carboxylic acids is 1. The zero-order valence-corrected chi connectivity index (χ0v) is 18.5. The van der Waals surface area contributed by atoms with E-state index in [2.05, 4.69) is 20.6 Å². The van der Waals surface area contributed by atoms with Crippen molar-refractivity contribution in [1.29, 1.82) is 0 Å². The number of carboxylic acids is 1. The van der Waals surface area contributed by atoms with Gasteiger partial charge < -0.3 is 25.7 Å². The number of nitrogens with one attached hydrogen (secondary N) is 2. The summed E-state index contributed by atoms with van der Waals surface area (Å²) in [5, 5.41) is 25.7. The third-order valence-corrected chi connectivity index (χ3v) is 5.81. The highest BCUT2D eigenvalue weighted by atomic mass is 35.5. The molecule has 33 heavy (non-hydrogen) atoms. The molecule has 8 nitrogen and oxygen atoms in total. The first kappa shape index (κ1) is 22.9. The van der Waals surface area contributed by atoms with Crippen molar-refractivity contribution >= 4 is 40.2 Å². The second kappa shape index (κ2) is 9.32. The summed E-state index contributed by atoms with van der Waals surface area (Å²) in [6, 6.07) is 5.10. The Labute approximate surface area is 193 Å². The maximum Gasteiger partial charge on any atom is 0.308 e. The van der Waals surface area contributed by atoms with Gasteiger partial charge in [-0.25, -0.2) is 13.8 Å². The molecule has 1 atom stereocenters. The topological polar surface area (TPSA) is 111 Å². The predicted octanol–water partition coefficient (Wildman–Crippen LogP) is 3.48. The Morgan fingerprint density at radius 1 is 1.27 bits per heavy atom. The van der Waals surface area contributed by atoms with Gasteiger partial charge in [0.15, 0.2) is 5.82 Å². The van der Waals surface area contributed by atoms with Crippen LogP contribution in [0.15, 0.2) is 24.3 Å². The molecule has 2 aromatic carbocycles. The van der Waals surface area contributed by atoms with Gasteiger partial charge in [0.05, 0.1) is 16.5 Å². The number of carboxylic acid groups (broad SMARTS) is 1. The Balaban J connectivity index is 1.91. The molecule has 1 fully saturated rings. The SMILES string of the molecule is C[C@@H](CNc1nc(N2CCNCC2)c2cc(Cl)c(-c3c(O)cccc3F)c(F)c2n1)C(=O)O. The van der Waals surface area contributed by atoms with Crippen LogP contribution in [-0.4, -0.2) is 58.9 Å². The van der Waals surface area contributed by atoms with Crippen LogP contribution in [0.3, 0.4) is 0 Å². The van der Waals surface area contributed by atoms with Crippen LogP contribution in [0.2, 0.25) is 5.02 Å². The van der Waals surface area contributed by atoms with Crippen molar-refractivity contribution in [2.24, 2.45) is 5.92 Å². The Kier molecular flexibility index (Phi) is 6.48. The number of hydrogen-bond donors (Lipinski definition) is 4. The van der Waals surface area contributed by atoms with E-state index in [1.54, 1.807) is 0 Å². The Morgan fingerprint density at radius 2 is 2.00 bits per heavy atom. The first-order chi connectivity index (χ1) is 15.8. The Bertz CT molecular complexity index is 1200. The molecule has 1 aliphatic rings. The highest BCUT2D eigenvalue weighted by Gasteiger charge is 2.25. The average molecular weight is 478 g/mol. The molecule has 0 unspecified atom stereocenters. The van der Waals surface area contributed by atoms with Gasteiger partial charge in [-0.1, -0.05) is 24.6 Å². The van der Waals surface area contributed by atoms with Crippen LogP contribution in [0.25, 0.3) is 22.0 Å². The van der Waals surface area contributed by atoms with Crippen molar-refractivity contribution in [3.8, 4) is 16.9 Å². The summed E-state index contributed by atoms with van der Waals surface area (Å²) in [4.78, 5) is 21.9. The molecule has 1 saturated heterocycles. The molecule has 0 aliphatic carbocycles. The van der Waals surface area contributed by atoms with Gasteiger partial charge in [0, 0.05) is 43.7 Å². The quantitative estimate of drug-likeness (QED) is 0.427. The highest BCUT2D eigenvalue weighted by Crippen LogP contribution is 2.42. The number of aromatic hydroxyl groups is 1. The van der Waals surface area contributed by atoms with Crippen molar-refractivity contribution in [2.75, 3.05) is 42.9 Å². The molecular weight excluding hydrogens is 456 g/mol. The lowest BCUT2D eigenvalue weighted by atomic mass is 10.0. The summed E-state index contributed by atoms with van der Waals surface area (Å²) < 4.78 is 30.4. The van der Waals surface area contributed by atoms with Gasteiger partial charge in [0.25, 0.3) is 0 Å². The molecule has 0 radical (unpaired) electrons. The van der Waals surface area contributed by atoms with Crippen LogP contribution in [-0.2, 0) is 4.79 Å². The minimum Gasteiger partial charge on any atom is -0.507 e. The fourth-order valence-corrected chi connectivity index (χ4v) is 3.98. The number of piperazine rings is 1. The number of carbonyl (C=O) groups is 1. The van der Waals surface area contributed by atoms with Crippen LogP contribution in [0.4, 0.5) is 20.5 Å². The Hall–Kier alpha value is -3.24. The molecule has 1 aliphatic heterocycles. The van der Waals surface area contributed by atoms with E-state index in [0.717, 1.165) is 6.07 Å². The van der Waals surface area contributed by atoms with Gasteiger partial charge in [-0.15, -0.1) is 0 Å². The standard InChI is InChI=1S/C22H22ClF2N5O3/c1-11(21(32)33)10-27-22-28-19-12(20(29-22)30-7-5-26-6-8-30)9-13(23)16(18(19)25)17-14(24)3-2-4-15(17)31/h2-4,9,11,26,31H,5-8,10H2,1H3,(H,32,33)(H,27,28,29)/t11-/m0/s1. The van der Waals surface area contributed by atoms with E-state index in [-0.39, 0.29) is 34.2 Å². The maximum absolute atomic E-state index is 15.8. The van der Waals surface area contributed by atoms with E-state index in [1.165, 1.54) is 25.1 Å². The number of benzene rings is 2. The van der Waals surface area contributed by atoms with Gasteiger partial charge in [0.2, 0.25) is 5.95 Å². The predicted molar refractivity (Wildman–Crippen MR) is 122 cm³/mol. The van der Waals surface area contributed by atoms with Crippen LogP contribution in [0.5, 0.6) is 5.75 Å². The molecule has 174 valence electrons. The summed E-state index contributed by atoms with van der Waals surface area (Å²) >= 11 is 6.39. The third kappa shape index (κ3) is 4.49. The van der Waals surface area contributed by atoms with E-state index in [1.807, 2.05) is 4.90 Å². The lowest BCUT2D eigenvalue weighted by molar-refractivity contribution is -0.140. The molecule has 0 bridgehead atoms. The number of aromatic nitrogens is 2. The third-order valence-electron chi connectivity index (χ3n) is 5.51. The van der Waals surface area contributed by atoms with Crippen molar-refractivity contribution in [3.05, 3.63) is 40.9 Å². The monoisotopic (exact) mass is 477 g/mol. The van der Waals surface area contributed by atoms with Crippen molar-refractivity contribution in [2.45, 2.75) is 6.92 Å². The van der Waals surface area contributed by atoms with Crippen molar-refractivity contribution in [1.82, 2.24) is 15.3 Å². The molecule has 11 heteroatoms. The first-order valence-electron chi connectivity index (χ1n) is 10.4. The fraction of sp³-hybridized carbons (Fsp3) is 0.318. The average Bonchev–Trinajstić information content (AvgIpc) is 2.79. The largest absolute Gasteiger partial charge is 0.507 e. The van der Waals surface area contributed by atoms with Crippen molar-refractivity contribution in [3.63, 3.8) is 0 Å². The number of hydrogen-bond acceptors (Lipinski definition) is 7. The number of halogens is 3. The van der Waals surface area contributed by atoms with Gasteiger partial charge in [-0.3, -0.25) is 4.79 Å². The minimum absolute atomic E-state index is 0.0258. The first-order valence-corrected chi connectivity index (χ1v) is 10.8. The molecule has 4 N–H and O–H groups in total. The van der Waals surface area contributed by atoms with Crippen LogP contribution in [0, 0.1) is 17.6 Å². The van der Waals surface area contributed by atoms with Gasteiger partial charge in [-0.2, -0.15) is 4.98 Å². The van der Waals surface area contributed by atoms with Crippen LogP contribution >= 0.6 is 11.6 Å². The zero-order valence-electron chi connectivity index (χ0n) is 17.7. The number of phenolic OH excluding ortho intramolecular Hbond substituents is 1. The van der Waals surface area contributed by atoms with Crippen LogP contribution in [0.1, 0.15) is 6.92 Å². The number of phenols is 1. The molecular formula is C22H22ClF2N5O3. The highest BCUT2D eigenvalue weighted by molar-refractivity contribution is 6.34. The number of nitrogens with zero attached hydrogens (tertiary/aromatic N) is 3. The summed E-state index contributed by atoms with van der Waals surface area (Å²) in [5.74, 6) is -3.47. The van der Waals surface area contributed by atoms with E-state index in [0.29, 0.717) is 37.4 Å². The van der Waals surface area contributed by atoms with Gasteiger partial charge in [0.1, 0.15) is 22.9 Å². The fourth-order valence-electron chi connectivity index (χ4n) is 3.70. The number of fused-ring (bicyclic) bond motifs is 1. The summed E-state index contributed by atoms with van der Waals surface area (Å²) in [6.07, 6.45) is 0. The lowest BCUT2D eigenvalue weighted by Crippen LogP contribution is -2.44. The molecule has 1 aromatic heterocycles. The van der Waals surface area contributed by atoms with E-state index >= 15 is 4.39 Å². The lowest BCUT2D eigenvalue weighted by Gasteiger charge is -2.29. The molecule has 3 aromatic rings. The van der Waals surface area contributed by atoms with E-state index in [9.17, 15) is 14.3 Å². The smallest absolute Gasteiger partial charge is 0.308 e. The van der Waals surface area contributed by atoms with E-state index < -0.39 is 29.3 Å². The number of anilines is 2. The molecule has 2 heterocycles. The summed E-state index contributed by atoms with van der Waals surface area (Å²) in [6.45, 7) is 4.15. The molecule has 0 saturated carbocycles. The van der Waals surface area contributed by atoms with E-state index in [4.69, 9.17) is 16.7 Å². The molecule has 0 spiro atoms. The maximum atomic E-state index is 15.8. The minimum atomic E-state index is -0.999. The summed E-state index contributed by atoms with van der Waals surface area (Å²) in [5.41, 5.74) is -0.793. The second-order valence-electron chi connectivity index (χ2n) is 7.81. The molecule has 4 rings (SSSR count).